The average molecular weight is 295 g/mol. The van der Waals surface area contributed by atoms with E-state index in [1.54, 1.807) is 11.8 Å². The molecule has 0 aliphatic rings. The number of benzene rings is 1. The number of carbonyl (C=O) groups excluding carboxylic acids is 1. The van der Waals surface area contributed by atoms with Crippen molar-refractivity contribution >= 4 is 17.7 Å². The minimum Gasteiger partial charge on any atom is -0.464 e. The Hall–Kier alpha value is -1.00. The highest BCUT2D eigenvalue weighted by atomic mass is 32.2. The van der Waals surface area contributed by atoms with E-state index in [1.807, 2.05) is 44.2 Å². The molecule has 0 amide bonds. The molecule has 112 valence electrons. The fourth-order valence-corrected chi connectivity index (χ4v) is 3.26. The second kappa shape index (κ2) is 9.03. The molecule has 0 bridgehead atoms. The van der Waals surface area contributed by atoms with E-state index in [1.165, 1.54) is 0 Å². The Labute approximate surface area is 126 Å². The van der Waals surface area contributed by atoms with Crippen LogP contribution in [0, 0.1) is 0 Å². The molecule has 0 aliphatic carbocycles. The molecule has 1 N–H and O–H groups in total. The maximum Gasteiger partial charge on any atom is 0.331 e. The fourth-order valence-electron chi connectivity index (χ4n) is 2.13. The highest BCUT2D eigenvalue weighted by Gasteiger charge is 2.40. The molecular weight excluding hydrogens is 270 g/mol. The summed E-state index contributed by atoms with van der Waals surface area (Å²) in [5.41, 5.74) is 0.232. The topological polar surface area (TPSA) is 38.3 Å². The number of ether oxygens (including phenoxy) is 1. The lowest BCUT2D eigenvalue weighted by atomic mass is 9.91. The van der Waals surface area contributed by atoms with Gasteiger partial charge in [-0.2, -0.15) is 11.8 Å². The monoisotopic (exact) mass is 295 g/mol. The molecule has 0 aromatic heterocycles. The van der Waals surface area contributed by atoms with Crippen molar-refractivity contribution in [1.82, 2.24) is 5.32 Å². The summed E-state index contributed by atoms with van der Waals surface area (Å²) in [4.78, 5) is 12.6. The van der Waals surface area contributed by atoms with Crippen molar-refractivity contribution in [3.05, 3.63) is 35.9 Å². The van der Waals surface area contributed by atoms with Gasteiger partial charge in [0.15, 0.2) is 5.54 Å². The van der Waals surface area contributed by atoms with Crippen molar-refractivity contribution in [2.75, 3.05) is 24.7 Å². The lowest BCUT2D eigenvalue weighted by Crippen LogP contribution is -2.52. The zero-order valence-electron chi connectivity index (χ0n) is 12.6. The van der Waals surface area contributed by atoms with Crippen LogP contribution in [-0.2, 0) is 15.1 Å². The van der Waals surface area contributed by atoms with Crippen LogP contribution in [0.3, 0.4) is 0 Å². The second-order valence-electron chi connectivity index (χ2n) is 4.57. The first kappa shape index (κ1) is 17.1. The first-order chi connectivity index (χ1) is 9.71. The van der Waals surface area contributed by atoms with E-state index in [0.29, 0.717) is 12.4 Å². The molecule has 1 atom stereocenters. The van der Waals surface area contributed by atoms with Gasteiger partial charge in [-0.3, -0.25) is 5.32 Å². The standard InChI is InChI=1S/C16H25NO2S/c1-4-12-20-13-16(17-5-2,15(18)19-6-3)14-10-8-7-9-11-14/h7-11,17H,4-6,12-13H2,1-3H3. The van der Waals surface area contributed by atoms with Crippen molar-refractivity contribution in [1.29, 1.82) is 0 Å². The van der Waals surface area contributed by atoms with Crippen LogP contribution in [0.1, 0.15) is 32.8 Å². The summed E-state index contributed by atoms with van der Waals surface area (Å²) in [6.45, 7) is 7.13. The number of nitrogens with one attached hydrogen (secondary N) is 1. The molecule has 0 fully saturated rings. The van der Waals surface area contributed by atoms with Crippen LogP contribution in [-0.4, -0.2) is 30.6 Å². The van der Waals surface area contributed by atoms with E-state index in [2.05, 4.69) is 12.2 Å². The van der Waals surface area contributed by atoms with Gasteiger partial charge in [-0.15, -0.1) is 0 Å². The SMILES string of the molecule is CCCSCC(NCC)(C(=O)OCC)c1ccccc1. The number of carbonyl (C=O) groups is 1. The molecule has 0 heterocycles. The average Bonchev–Trinajstić information content (AvgIpc) is 2.47. The molecule has 0 saturated carbocycles. The summed E-state index contributed by atoms with van der Waals surface area (Å²) in [7, 11) is 0. The Morgan fingerprint density at radius 2 is 1.95 bits per heavy atom. The molecule has 3 nitrogen and oxygen atoms in total. The number of esters is 1. The summed E-state index contributed by atoms with van der Waals surface area (Å²) in [6.07, 6.45) is 1.10. The van der Waals surface area contributed by atoms with Gasteiger partial charge in [-0.05, 0) is 31.2 Å². The van der Waals surface area contributed by atoms with E-state index in [4.69, 9.17) is 4.74 Å². The molecule has 0 radical (unpaired) electrons. The zero-order valence-corrected chi connectivity index (χ0v) is 13.5. The maximum absolute atomic E-state index is 12.6. The van der Waals surface area contributed by atoms with Gasteiger partial charge in [-0.1, -0.05) is 44.2 Å². The number of hydrogen-bond donors (Lipinski definition) is 1. The van der Waals surface area contributed by atoms with Gasteiger partial charge >= 0.3 is 5.97 Å². The first-order valence-electron chi connectivity index (χ1n) is 7.26. The molecule has 4 heteroatoms. The molecule has 1 aromatic rings. The predicted octanol–water partition coefficient (Wildman–Crippen LogP) is 3.20. The Morgan fingerprint density at radius 1 is 1.25 bits per heavy atom. The van der Waals surface area contributed by atoms with Crippen LogP contribution >= 0.6 is 11.8 Å². The van der Waals surface area contributed by atoms with Gasteiger partial charge < -0.3 is 4.74 Å². The Morgan fingerprint density at radius 3 is 2.50 bits per heavy atom. The Balaban J connectivity index is 3.08. The van der Waals surface area contributed by atoms with E-state index in [-0.39, 0.29) is 5.97 Å². The lowest BCUT2D eigenvalue weighted by molar-refractivity contribution is -0.150. The number of rotatable bonds is 9. The zero-order chi connectivity index (χ0) is 14.8. The van der Waals surface area contributed by atoms with Gasteiger partial charge in [-0.25, -0.2) is 4.79 Å². The third kappa shape index (κ3) is 4.25. The van der Waals surface area contributed by atoms with Crippen molar-refractivity contribution in [2.24, 2.45) is 0 Å². The largest absolute Gasteiger partial charge is 0.464 e. The highest BCUT2D eigenvalue weighted by Crippen LogP contribution is 2.28. The van der Waals surface area contributed by atoms with Crippen molar-refractivity contribution < 1.29 is 9.53 Å². The molecule has 1 unspecified atom stereocenters. The molecule has 0 aliphatic heterocycles. The molecule has 20 heavy (non-hydrogen) atoms. The van der Waals surface area contributed by atoms with E-state index in [9.17, 15) is 4.79 Å². The molecule has 0 spiro atoms. The van der Waals surface area contributed by atoms with Crippen LogP contribution < -0.4 is 5.32 Å². The quantitative estimate of drug-likeness (QED) is 0.561. The summed E-state index contributed by atoms with van der Waals surface area (Å²) < 4.78 is 5.33. The maximum atomic E-state index is 12.6. The van der Waals surface area contributed by atoms with Crippen LogP contribution in [0.5, 0.6) is 0 Å². The van der Waals surface area contributed by atoms with Crippen molar-refractivity contribution in [2.45, 2.75) is 32.7 Å². The summed E-state index contributed by atoms with van der Waals surface area (Å²) in [5, 5.41) is 3.36. The molecule has 0 saturated heterocycles. The number of likely N-dealkylation sites (N-methyl/N-ethyl adjacent to an activating group) is 1. The van der Waals surface area contributed by atoms with Crippen molar-refractivity contribution in [3.8, 4) is 0 Å². The van der Waals surface area contributed by atoms with Crippen molar-refractivity contribution in [3.63, 3.8) is 0 Å². The highest BCUT2D eigenvalue weighted by molar-refractivity contribution is 7.99. The second-order valence-corrected chi connectivity index (χ2v) is 5.68. The first-order valence-corrected chi connectivity index (χ1v) is 8.42. The normalized spacial score (nSPS) is 13.8. The van der Waals surface area contributed by atoms with Crippen LogP contribution in [0.15, 0.2) is 30.3 Å². The minimum atomic E-state index is -0.744. The van der Waals surface area contributed by atoms with E-state index < -0.39 is 5.54 Å². The lowest BCUT2D eigenvalue weighted by Gasteiger charge is -2.32. The number of hydrogen-bond acceptors (Lipinski definition) is 4. The fraction of sp³-hybridized carbons (Fsp3) is 0.562. The minimum absolute atomic E-state index is 0.184. The van der Waals surface area contributed by atoms with E-state index >= 15 is 0 Å². The summed E-state index contributed by atoms with van der Waals surface area (Å²) in [6, 6.07) is 9.87. The third-order valence-electron chi connectivity index (χ3n) is 3.04. The molecule has 1 aromatic carbocycles. The van der Waals surface area contributed by atoms with Gasteiger partial charge in [0.05, 0.1) is 6.61 Å². The van der Waals surface area contributed by atoms with E-state index in [0.717, 1.165) is 24.3 Å². The van der Waals surface area contributed by atoms with Crippen LogP contribution in [0.25, 0.3) is 0 Å². The van der Waals surface area contributed by atoms with Gasteiger partial charge in [0, 0.05) is 5.75 Å². The predicted molar refractivity (Wildman–Crippen MR) is 86.0 cm³/mol. The van der Waals surface area contributed by atoms with Crippen LogP contribution in [0.4, 0.5) is 0 Å². The van der Waals surface area contributed by atoms with Gasteiger partial charge in [0.25, 0.3) is 0 Å². The summed E-state index contributed by atoms with van der Waals surface area (Å²) in [5.74, 6) is 1.55. The number of thioether (sulfide) groups is 1. The summed E-state index contributed by atoms with van der Waals surface area (Å²) >= 11 is 1.79. The van der Waals surface area contributed by atoms with Gasteiger partial charge in [0.1, 0.15) is 0 Å². The Kier molecular flexibility index (Phi) is 7.70. The van der Waals surface area contributed by atoms with Gasteiger partial charge in [0.2, 0.25) is 0 Å². The molecular formula is C16H25NO2S. The smallest absolute Gasteiger partial charge is 0.331 e. The Bertz CT molecular complexity index is 397. The van der Waals surface area contributed by atoms with Crippen LogP contribution in [0.2, 0.25) is 0 Å². The molecule has 1 rings (SSSR count). The third-order valence-corrected chi connectivity index (χ3v) is 4.37.